The van der Waals surface area contributed by atoms with Crippen LogP contribution in [0.3, 0.4) is 0 Å². The van der Waals surface area contributed by atoms with E-state index in [1.54, 1.807) is 0 Å². The van der Waals surface area contributed by atoms with E-state index < -0.39 is 12.2 Å². The highest BCUT2D eigenvalue weighted by Crippen LogP contribution is 2.33. The lowest BCUT2D eigenvalue weighted by Gasteiger charge is -2.21. The minimum atomic E-state index is -4.38. The maximum Gasteiger partial charge on any atom is 0.407 e. The molecule has 0 saturated heterocycles. The SMILES string of the molecule is C#CCN[C@H](c1ccc(OC)cc1)C(F)(F)F. The molecule has 0 aliphatic heterocycles. The van der Waals surface area contributed by atoms with Gasteiger partial charge in [0.05, 0.1) is 13.7 Å². The van der Waals surface area contributed by atoms with E-state index in [1.807, 2.05) is 0 Å². The molecule has 0 aliphatic carbocycles. The molecule has 2 nitrogen and oxygen atoms in total. The molecule has 0 saturated carbocycles. The minimum Gasteiger partial charge on any atom is -0.497 e. The van der Waals surface area contributed by atoms with Gasteiger partial charge in [0.1, 0.15) is 11.8 Å². The van der Waals surface area contributed by atoms with Crippen LogP contribution in [-0.2, 0) is 0 Å². The van der Waals surface area contributed by atoms with Crippen LogP contribution in [0.1, 0.15) is 11.6 Å². The molecule has 0 spiro atoms. The second-order valence-electron chi connectivity index (χ2n) is 3.33. The topological polar surface area (TPSA) is 21.3 Å². The number of rotatable bonds is 4. The number of benzene rings is 1. The Kier molecular flexibility index (Phi) is 4.41. The minimum absolute atomic E-state index is 0.105. The molecule has 5 heteroatoms. The van der Waals surface area contributed by atoms with Crippen LogP contribution in [0.5, 0.6) is 5.75 Å². The third-order valence-corrected chi connectivity index (χ3v) is 2.18. The zero-order valence-electron chi connectivity index (χ0n) is 9.21. The molecule has 0 unspecified atom stereocenters. The smallest absolute Gasteiger partial charge is 0.407 e. The first-order valence-corrected chi connectivity index (χ1v) is 4.86. The van der Waals surface area contributed by atoms with Gasteiger partial charge in [-0.05, 0) is 17.7 Å². The van der Waals surface area contributed by atoms with Gasteiger partial charge in [0.15, 0.2) is 0 Å². The normalized spacial score (nSPS) is 12.9. The van der Waals surface area contributed by atoms with E-state index in [0.29, 0.717) is 5.75 Å². The van der Waals surface area contributed by atoms with Crippen molar-refractivity contribution >= 4 is 0 Å². The van der Waals surface area contributed by atoms with Crippen LogP contribution in [0.2, 0.25) is 0 Å². The van der Waals surface area contributed by atoms with Crippen molar-refractivity contribution in [3.63, 3.8) is 0 Å². The molecule has 0 radical (unpaired) electrons. The zero-order chi connectivity index (χ0) is 12.9. The molecular weight excluding hydrogens is 231 g/mol. The lowest BCUT2D eigenvalue weighted by molar-refractivity contribution is -0.157. The molecule has 0 amide bonds. The molecule has 92 valence electrons. The zero-order valence-corrected chi connectivity index (χ0v) is 9.21. The molecule has 1 N–H and O–H groups in total. The highest BCUT2D eigenvalue weighted by atomic mass is 19.4. The van der Waals surface area contributed by atoms with E-state index in [9.17, 15) is 13.2 Å². The Morgan fingerprint density at radius 2 is 1.94 bits per heavy atom. The predicted octanol–water partition coefficient (Wildman–Crippen LogP) is 2.52. The quantitative estimate of drug-likeness (QED) is 0.820. The second-order valence-corrected chi connectivity index (χ2v) is 3.33. The largest absolute Gasteiger partial charge is 0.497 e. The van der Waals surface area contributed by atoms with Crippen LogP contribution in [0.4, 0.5) is 13.2 Å². The van der Waals surface area contributed by atoms with Crippen molar-refractivity contribution in [2.75, 3.05) is 13.7 Å². The van der Waals surface area contributed by atoms with Crippen molar-refractivity contribution in [1.29, 1.82) is 0 Å². The molecule has 0 heterocycles. The summed E-state index contributed by atoms with van der Waals surface area (Å²) in [6.07, 6.45) is 0.560. The van der Waals surface area contributed by atoms with E-state index >= 15 is 0 Å². The Hall–Kier alpha value is -1.67. The van der Waals surface area contributed by atoms with Crippen molar-refractivity contribution in [2.24, 2.45) is 0 Å². The first-order chi connectivity index (χ1) is 7.99. The molecule has 1 aromatic carbocycles. The van der Waals surface area contributed by atoms with Gasteiger partial charge < -0.3 is 4.74 Å². The molecule has 0 bridgehead atoms. The number of hydrogen-bond donors (Lipinski definition) is 1. The van der Waals surface area contributed by atoms with Gasteiger partial charge in [-0.2, -0.15) is 13.2 Å². The first-order valence-electron chi connectivity index (χ1n) is 4.86. The lowest BCUT2D eigenvalue weighted by atomic mass is 10.1. The summed E-state index contributed by atoms with van der Waals surface area (Å²) in [5, 5.41) is 2.26. The third kappa shape index (κ3) is 3.68. The number of terminal acetylenes is 1. The number of nitrogens with one attached hydrogen (secondary N) is 1. The molecule has 0 aliphatic rings. The monoisotopic (exact) mass is 243 g/mol. The predicted molar refractivity (Wildman–Crippen MR) is 58.6 cm³/mol. The Morgan fingerprint density at radius 1 is 1.35 bits per heavy atom. The van der Waals surface area contributed by atoms with E-state index in [4.69, 9.17) is 11.2 Å². The summed E-state index contributed by atoms with van der Waals surface area (Å²) in [4.78, 5) is 0. The van der Waals surface area contributed by atoms with Crippen molar-refractivity contribution in [3.05, 3.63) is 29.8 Å². The van der Waals surface area contributed by atoms with E-state index in [-0.39, 0.29) is 12.1 Å². The molecule has 1 atom stereocenters. The Balaban J connectivity index is 2.92. The summed E-state index contributed by atoms with van der Waals surface area (Å²) in [6.45, 7) is -0.143. The Labute approximate surface area is 97.8 Å². The van der Waals surface area contributed by atoms with E-state index in [2.05, 4.69) is 11.2 Å². The molecule has 17 heavy (non-hydrogen) atoms. The highest BCUT2D eigenvalue weighted by molar-refractivity contribution is 5.30. The van der Waals surface area contributed by atoms with Crippen LogP contribution >= 0.6 is 0 Å². The number of alkyl halides is 3. The van der Waals surface area contributed by atoms with Crippen LogP contribution < -0.4 is 10.1 Å². The van der Waals surface area contributed by atoms with Gasteiger partial charge in [-0.25, -0.2) is 0 Å². The fourth-order valence-corrected chi connectivity index (χ4v) is 1.38. The van der Waals surface area contributed by atoms with Crippen LogP contribution in [0.15, 0.2) is 24.3 Å². The fraction of sp³-hybridized carbons (Fsp3) is 0.333. The maximum atomic E-state index is 12.7. The summed E-state index contributed by atoms with van der Waals surface area (Å²) < 4.78 is 43.1. The van der Waals surface area contributed by atoms with Gasteiger partial charge in [-0.1, -0.05) is 18.1 Å². The molecular formula is C12H12F3NO. The van der Waals surface area contributed by atoms with Gasteiger partial charge in [0.25, 0.3) is 0 Å². The van der Waals surface area contributed by atoms with Crippen LogP contribution in [-0.4, -0.2) is 19.8 Å². The molecule has 1 rings (SSSR count). The first kappa shape index (κ1) is 13.4. The van der Waals surface area contributed by atoms with E-state index in [1.165, 1.54) is 31.4 Å². The summed E-state index contributed by atoms with van der Waals surface area (Å²) in [7, 11) is 1.45. The Morgan fingerprint density at radius 3 is 2.35 bits per heavy atom. The van der Waals surface area contributed by atoms with Gasteiger partial charge in [-0.3, -0.25) is 5.32 Å². The number of methoxy groups -OCH3 is 1. The highest BCUT2D eigenvalue weighted by Gasteiger charge is 2.40. The molecule has 0 aromatic heterocycles. The van der Waals surface area contributed by atoms with Crippen molar-refractivity contribution in [1.82, 2.24) is 5.32 Å². The second kappa shape index (κ2) is 5.60. The average molecular weight is 243 g/mol. The third-order valence-electron chi connectivity index (χ3n) is 2.18. The fourth-order valence-electron chi connectivity index (χ4n) is 1.38. The maximum absolute atomic E-state index is 12.7. The average Bonchev–Trinajstić information content (AvgIpc) is 2.29. The van der Waals surface area contributed by atoms with Crippen LogP contribution in [0.25, 0.3) is 0 Å². The van der Waals surface area contributed by atoms with Gasteiger partial charge in [0, 0.05) is 0 Å². The lowest BCUT2D eigenvalue weighted by Crippen LogP contribution is -2.34. The van der Waals surface area contributed by atoms with Crippen molar-refractivity contribution in [2.45, 2.75) is 12.2 Å². The van der Waals surface area contributed by atoms with Gasteiger partial charge in [0.2, 0.25) is 0 Å². The standard InChI is InChI=1S/C12H12F3NO/c1-3-8-16-11(12(13,14)15)9-4-6-10(17-2)7-5-9/h1,4-7,11,16H,8H2,2H3/t11-/m1/s1. The summed E-state index contributed by atoms with van der Waals surface area (Å²) in [5.74, 6) is 2.63. The van der Waals surface area contributed by atoms with Gasteiger partial charge >= 0.3 is 6.18 Å². The molecule has 0 fully saturated rings. The van der Waals surface area contributed by atoms with Crippen molar-refractivity contribution < 1.29 is 17.9 Å². The Bertz CT molecular complexity index is 392. The number of ether oxygens (including phenoxy) is 1. The van der Waals surface area contributed by atoms with Crippen LogP contribution in [0, 0.1) is 12.3 Å². The summed E-state index contributed by atoms with van der Waals surface area (Å²) in [5.41, 5.74) is 0.105. The summed E-state index contributed by atoms with van der Waals surface area (Å²) >= 11 is 0. The number of hydrogen-bond acceptors (Lipinski definition) is 2. The summed E-state index contributed by atoms with van der Waals surface area (Å²) in [6, 6.07) is 3.92. The molecule has 1 aromatic rings. The van der Waals surface area contributed by atoms with E-state index in [0.717, 1.165) is 0 Å². The number of halogens is 3. The van der Waals surface area contributed by atoms with Gasteiger partial charge in [-0.15, -0.1) is 6.42 Å². The van der Waals surface area contributed by atoms with Crippen molar-refractivity contribution in [3.8, 4) is 18.1 Å².